The highest BCUT2D eigenvalue weighted by Crippen LogP contribution is 2.30. The Morgan fingerprint density at radius 1 is 1.24 bits per heavy atom. The molecule has 0 fully saturated rings. The number of imide groups is 1. The van der Waals surface area contributed by atoms with Crippen LogP contribution in [0.2, 0.25) is 5.02 Å². The number of amides is 3. The highest BCUT2D eigenvalue weighted by molar-refractivity contribution is 9.10. The lowest BCUT2D eigenvalue weighted by Gasteiger charge is -2.14. The number of hydrogen-bond acceptors (Lipinski definition) is 2. The quantitative estimate of drug-likeness (QED) is 0.623. The highest BCUT2D eigenvalue weighted by Gasteiger charge is 2.20. The molecule has 0 radical (unpaired) electrons. The third-order valence-electron chi connectivity index (χ3n) is 3.68. The van der Waals surface area contributed by atoms with E-state index in [4.69, 9.17) is 11.6 Å². The Morgan fingerprint density at radius 3 is 2.52 bits per heavy atom. The molecule has 0 aliphatic rings. The fraction of sp³-hybridized carbons (Fsp3) is 0.222. The van der Waals surface area contributed by atoms with Crippen LogP contribution in [0.3, 0.4) is 0 Å². The fourth-order valence-electron chi connectivity index (χ4n) is 2.33. The lowest BCUT2D eigenvalue weighted by atomic mass is 10.0. The molecule has 0 aliphatic carbocycles. The van der Waals surface area contributed by atoms with E-state index in [2.05, 4.69) is 26.6 Å². The van der Waals surface area contributed by atoms with Crippen molar-refractivity contribution >= 4 is 45.2 Å². The molecule has 2 aromatic carbocycles. The third kappa shape index (κ3) is 4.38. The smallest absolute Gasteiger partial charge is 0.307 e. The van der Waals surface area contributed by atoms with Crippen LogP contribution in [0, 0.1) is 12.7 Å². The maximum absolute atomic E-state index is 14.3. The number of carbonyl (C=O) groups excluding carboxylic acids is 2. The van der Waals surface area contributed by atoms with Crippen LogP contribution in [-0.4, -0.2) is 11.9 Å². The highest BCUT2D eigenvalue weighted by atomic mass is 79.9. The van der Waals surface area contributed by atoms with Crippen molar-refractivity contribution in [2.24, 2.45) is 0 Å². The summed E-state index contributed by atoms with van der Waals surface area (Å²) in [6.45, 7) is 5.47. The summed E-state index contributed by atoms with van der Waals surface area (Å²) in [6.07, 6.45) is 0. The number of rotatable bonds is 3. The summed E-state index contributed by atoms with van der Waals surface area (Å²) < 4.78 is 14.6. The topological polar surface area (TPSA) is 58.2 Å². The zero-order valence-electron chi connectivity index (χ0n) is 13.9. The predicted molar refractivity (Wildman–Crippen MR) is 101 cm³/mol. The minimum atomic E-state index is -0.866. The van der Waals surface area contributed by atoms with Gasteiger partial charge >= 0.3 is 6.03 Å². The van der Waals surface area contributed by atoms with E-state index in [1.165, 1.54) is 13.0 Å². The molecule has 0 bridgehead atoms. The van der Waals surface area contributed by atoms with Crippen LogP contribution in [-0.2, 0) is 0 Å². The Morgan fingerprint density at radius 2 is 1.88 bits per heavy atom. The van der Waals surface area contributed by atoms with Gasteiger partial charge in [-0.2, -0.15) is 0 Å². The number of para-hydroxylation sites is 1. The minimum Gasteiger partial charge on any atom is -0.307 e. The summed E-state index contributed by atoms with van der Waals surface area (Å²) >= 11 is 9.11. The number of halogens is 3. The van der Waals surface area contributed by atoms with E-state index in [0.717, 1.165) is 5.56 Å². The molecule has 2 aromatic rings. The number of urea groups is 1. The zero-order chi connectivity index (χ0) is 18.7. The largest absolute Gasteiger partial charge is 0.326 e. The Bertz CT molecular complexity index is 840. The molecular formula is C18H17BrClFN2O2. The second-order valence-corrected chi connectivity index (χ2v) is 7.01. The second kappa shape index (κ2) is 7.97. The summed E-state index contributed by atoms with van der Waals surface area (Å²) in [5, 5.41) is 4.93. The first-order valence-corrected chi connectivity index (χ1v) is 8.74. The summed E-state index contributed by atoms with van der Waals surface area (Å²) in [5.41, 5.74) is 1.42. The average molecular weight is 428 g/mol. The van der Waals surface area contributed by atoms with Crippen molar-refractivity contribution in [3.63, 3.8) is 0 Å². The SMILES string of the molecule is Cc1c(F)c(C(=O)NC(=O)Nc2ccccc2C(C)C)cc(Cl)c1Br. The Balaban J connectivity index is 2.18. The predicted octanol–water partition coefficient (Wildman–Crippen LogP) is 5.64. The molecule has 3 amide bonds. The molecular weight excluding hydrogens is 411 g/mol. The Labute approximate surface area is 158 Å². The number of benzene rings is 2. The average Bonchev–Trinajstić information content (AvgIpc) is 2.56. The number of anilines is 1. The summed E-state index contributed by atoms with van der Waals surface area (Å²) in [6, 6.07) is 7.71. The van der Waals surface area contributed by atoms with E-state index in [1.54, 1.807) is 12.1 Å². The van der Waals surface area contributed by atoms with Crippen molar-refractivity contribution in [1.82, 2.24) is 5.32 Å². The third-order valence-corrected chi connectivity index (χ3v) is 5.23. The van der Waals surface area contributed by atoms with E-state index < -0.39 is 17.8 Å². The summed E-state index contributed by atoms with van der Waals surface area (Å²) in [4.78, 5) is 24.3. The van der Waals surface area contributed by atoms with Crippen molar-refractivity contribution in [1.29, 1.82) is 0 Å². The molecule has 7 heteroatoms. The van der Waals surface area contributed by atoms with E-state index in [0.29, 0.717) is 10.2 Å². The lowest BCUT2D eigenvalue weighted by Crippen LogP contribution is -2.35. The molecule has 0 spiro atoms. The van der Waals surface area contributed by atoms with Crippen molar-refractivity contribution < 1.29 is 14.0 Å². The van der Waals surface area contributed by atoms with Crippen LogP contribution in [0.15, 0.2) is 34.8 Å². The van der Waals surface area contributed by atoms with Gasteiger partial charge in [-0.3, -0.25) is 10.1 Å². The standard InChI is InChI=1S/C18H17BrClFN2O2/c1-9(2)11-6-4-5-7-14(11)22-18(25)23-17(24)12-8-13(20)15(19)10(3)16(12)21/h4-9H,1-3H3,(H2,22,23,24,25). The van der Waals surface area contributed by atoms with Gasteiger partial charge in [-0.05, 0) is 46.5 Å². The molecule has 2 rings (SSSR count). The molecule has 0 saturated heterocycles. The van der Waals surface area contributed by atoms with Crippen molar-refractivity contribution in [2.45, 2.75) is 26.7 Å². The molecule has 0 heterocycles. The first kappa shape index (κ1) is 19.4. The molecule has 25 heavy (non-hydrogen) atoms. The molecule has 0 saturated carbocycles. The maximum atomic E-state index is 14.3. The van der Waals surface area contributed by atoms with Gasteiger partial charge in [0.2, 0.25) is 0 Å². The summed E-state index contributed by atoms with van der Waals surface area (Å²) in [5.74, 6) is -1.41. The first-order chi connectivity index (χ1) is 11.7. The molecule has 4 nitrogen and oxygen atoms in total. The van der Waals surface area contributed by atoms with Gasteiger partial charge in [0.15, 0.2) is 0 Å². The van der Waals surface area contributed by atoms with E-state index >= 15 is 0 Å². The second-order valence-electron chi connectivity index (χ2n) is 5.81. The van der Waals surface area contributed by atoms with Crippen molar-refractivity contribution in [2.75, 3.05) is 5.32 Å². The first-order valence-electron chi connectivity index (χ1n) is 7.57. The van der Waals surface area contributed by atoms with Crippen LogP contribution in [0.1, 0.15) is 41.3 Å². The van der Waals surface area contributed by atoms with Crippen molar-refractivity contribution in [3.8, 4) is 0 Å². The minimum absolute atomic E-state index is 0.189. The Hall–Kier alpha value is -1.92. The van der Waals surface area contributed by atoms with E-state index in [-0.39, 0.29) is 22.1 Å². The van der Waals surface area contributed by atoms with Gasteiger partial charge in [-0.15, -0.1) is 0 Å². The van der Waals surface area contributed by atoms with Gasteiger partial charge in [0.05, 0.1) is 10.6 Å². The normalized spacial score (nSPS) is 10.7. The van der Waals surface area contributed by atoms with Crippen LogP contribution in [0.25, 0.3) is 0 Å². The van der Waals surface area contributed by atoms with Crippen LogP contribution < -0.4 is 10.6 Å². The monoisotopic (exact) mass is 426 g/mol. The Kier molecular flexibility index (Phi) is 6.19. The number of nitrogens with one attached hydrogen (secondary N) is 2. The fourth-order valence-corrected chi connectivity index (χ4v) is 2.87. The van der Waals surface area contributed by atoms with Gasteiger partial charge in [0, 0.05) is 15.7 Å². The van der Waals surface area contributed by atoms with Gasteiger partial charge in [-0.1, -0.05) is 43.6 Å². The van der Waals surface area contributed by atoms with Gasteiger partial charge in [-0.25, -0.2) is 9.18 Å². The van der Waals surface area contributed by atoms with Gasteiger partial charge in [0.25, 0.3) is 5.91 Å². The zero-order valence-corrected chi connectivity index (χ0v) is 16.3. The molecule has 0 atom stereocenters. The summed E-state index contributed by atoms with van der Waals surface area (Å²) in [7, 11) is 0. The lowest BCUT2D eigenvalue weighted by molar-refractivity contribution is 0.0963. The van der Waals surface area contributed by atoms with Crippen LogP contribution in [0.5, 0.6) is 0 Å². The number of hydrogen-bond donors (Lipinski definition) is 2. The van der Waals surface area contributed by atoms with E-state index in [9.17, 15) is 14.0 Å². The van der Waals surface area contributed by atoms with Gasteiger partial charge in [0.1, 0.15) is 5.82 Å². The molecule has 0 unspecified atom stereocenters. The molecule has 132 valence electrons. The number of carbonyl (C=O) groups is 2. The molecule has 2 N–H and O–H groups in total. The van der Waals surface area contributed by atoms with Crippen LogP contribution in [0.4, 0.5) is 14.9 Å². The van der Waals surface area contributed by atoms with E-state index in [1.807, 2.05) is 26.0 Å². The molecule has 0 aromatic heterocycles. The molecule has 0 aliphatic heterocycles. The maximum Gasteiger partial charge on any atom is 0.326 e. The van der Waals surface area contributed by atoms with Crippen molar-refractivity contribution in [3.05, 3.63) is 62.3 Å². The van der Waals surface area contributed by atoms with Gasteiger partial charge < -0.3 is 5.32 Å². The van der Waals surface area contributed by atoms with Crippen LogP contribution >= 0.6 is 27.5 Å².